The van der Waals surface area contributed by atoms with Crippen LogP contribution in [0.3, 0.4) is 0 Å². The van der Waals surface area contributed by atoms with E-state index in [2.05, 4.69) is 10.6 Å². The number of carbonyl (C=O) groups excluding carboxylic acids is 3. The molecule has 2 aliphatic rings. The lowest BCUT2D eigenvalue weighted by Gasteiger charge is -2.36. The summed E-state index contributed by atoms with van der Waals surface area (Å²) in [5.74, 6) is -0.323. The van der Waals surface area contributed by atoms with Crippen LogP contribution in [0.15, 0.2) is 48.5 Å². The predicted molar refractivity (Wildman–Crippen MR) is 179 cm³/mol. The van der Waals surface area contributed by atoms with Crippen molar-refractivity contribution in [2.24, 2.45) is 5.92 Å². The topological polar surface area (TPSA) is 120 Å². The monoisotopic (exact) mass is 636 g/mol. The highest BCUT2D eigenvalue weighted by Crippen LogP contribution is 2.29. The smallest absolute Gasteiger partial charge is 0.317 e. The van der Waals surface area contributed by atoms with E-state index in [0.717, 1.165) is 44.9 Å². The molecule has 0 spiro atoms. The number of hydrogen-bond acceptors (Lipinski definition) is 6. The summed E-state index contributed by atoms with van der Waals surface area (Å²) in [4.78, 5) is 43.7. The molecule has 1 saturated carbocycles. The molecule has 1 fully saturated rings. The Labute approximate surface area is 273 Å². The quantitative estimate of drug-likeness (QED) is 0.358. The van der Waals surface area contributed by atoms with E-state index in [4.69, 9.17) is 9.47 Å². The number of carbonyl (C=O) groups is 3. The Balaban J connectivity index is 1.58. The summed E-state index contributed by atoms with van der Waals surface area (Å²) >= 11 is 0. The van der Waals surface area contributed by atoms with Crippen molar-refractivity contribution in [1.82, 2.24) is 15.1 Å². The van der Waals surface area contributed by atoms with E-state index >= 15 is 0 Å². The Morgan fingerprint density at radius 1 is 1.02 bits per heavy atom. The van der Waals surface area contributed by atoms with Gasteiger partial charge in [0.25, 0.3) is 11.8 Å². The molecule has 4 atom stereocenters. The van der Waals surface area contributed by atoms with Crippen LogP contribution in [-0.2, 0) is 4.74 Å². The second kappa shape index (κ2) is 17.3. The number of aliphatic hydroxyl groups is 1. The summed E-state index contributed by atoms with van der Waals surface area (Å²) in [5.41, 5.74) is 1.28. The van der Waals surface area contributed by atoms with Gasteiger partial charge in [-0.15, -0.1) is 0 Å². The fraction of sp³-hybridized carbons (Fsp3) is 0.583. The Bertz CT molecular complexity index is 1280. The molecule has 10 heteroatoms. The zero-order chi connectivity index (χ0) is 33.1. The fourth-order valence-corrected chi connectivity index (χ4v) is 6.14. The number of amides is 4. The third-order valence-corrected chi connectivity index (χ3v) is 9.08. The summed E-state index contributed by atoms with van der Waals surface area (Å²) in [6.07, 6.45) is 7.50. The summed E-state index contributed by atoms with van der Waals surface area (Å²) in [6.45, 7) is 6.77. The maximum Gasteiger partial charge on any atom is 0.317 e. The van der Waals surface area contributed by atoms with Crippen LogP contribution in [0.25, 0.3) is 0 Å². The number of hydrogen-bond donors (Lipinski definition) is 3. The van der Waals surface area contributed by atoms with Crippen molar-refractivity contribution in [3.8, 4) is 5.75 Å². The standard InChI is InChI=1S/C36H52N4O6/c1-25-22-40(26(2)24-41)35(43)31-21-30(37-34(42)28-14-7-5-8-15-28)18-19-32(31)46-27(3)13-11-12-20-45-33(25)23-39(4)36(44)38-29-16-9-6-10-17-29/h5,7-8,14-15,18-19,21,25-27,29,33,41H,6,9-13,16-17,20,22-24H2,1-4H3,(H,37,42)(H,38,44)/t25-,26+,27+,33+/m1/s1. The molecule has 0 radical (unpaired) electrons. The number of nitrogens with zero attached hydrogens (tertiary/aromatic N) is 2. The number of rotatable bonds is 7. The maximum atomic E-state index is 14.3. The van der Waals surface area contributed by atoms with Crippen LogP contribution >= 0.6 is 0 Å². The number of likely N-dealkylation sites (N-methyl/N-ethyl adjacent to an activating group) is 1. The maximum absolute atomic E-state index is 14.3. The number of fused-ring (bicyclic) bond motifs is 1. The zero-order valence-electron chi connectivity index (χ0n) is 27.9. The average molecular weight is 637 g/mol. The molecule has 2 aromatic carbocycles. The SMILES string of the molecule is C[C@@H]1CN([C@@H](C)CO)C(=O)c2cc(NC(=O)c3ccccc3)ccc2O[C@@H](C)CCCCO[C@H]1CN(C)C(=O)NC1CCCCC1. The molecular weight excluding hydrogens is 584 g/mol. The van der Waals surface area contributed by atoms with Crippen LogP contribution in [0, 0.1) is 5.92 Å². The normalized spacial score (nSPS) is 22.5. The van der Waals surface area contributed by atoms with Crippen LogP contribution in [0.2, 0.25) is 0 Å². The van der Waals surface area contributed by atoms with E-state index in [-0.39, 0.29) is 48.6 Å². The van der Waals surface area contributed by atoms with Crippen LogP contribution in [-0.4, -0.2) is 90.4 Å². The first kappa shape index (κ1) is 35.2. The molecule has 0 unspecified atom stereocenters. The molecule has 3 N–H and O–H groups in total. The minimum absolute atomic E-state index is 0.108. The van der Waals surface area contributed by atoms with Gasteiger partial charge in [0.15, 0.2) is 0 Å². The molecule has 1 aliphatic heterocycles. The van der Waals surface area contributed by atoms with E-state index in [1.165, 1.54) is 6.42 Å². The number of benzene rings is 2. The van der Waals surface area contributed by atoms with E-state index in [1.54, 1.807) is 66.2 Å². The zero-order valence-corrected chi connectivity index (χ0v) is 27.9. The highest BCUT2D eigenvalue weighted by Gasteiger charge is 2.31. The number of aliphatic hydroxyl groups excluding tert-OH is 1. The van der Waals surface area contributed by atoms with Crippen molar-refractivity contribution in [2.45, 2.75) is 96.4 Å². The lowest BCUT2D eigenvalue weighted by Crippen LogP contribution is -2.50. The predicted octanol–water partition coefficient (Wildman–Crippen LogP) is 5.71. The highest BCUT2D eigenvalue weighted by molar-refractivity contribution is 6.05. The molecule has 4 rings (SSSR count). The second-order valence-electron chi connectivity index (χ2n) is 13.0. The third-order valence-electron chi connectivity index (χ3n) is 9.08. The van der Waals surface area contributed by atoms with Crippen molar-refractivity contribution in [1.29, 1.82) is 0 Å². The minimum Gasteiger partial charge on any atom is -0.490 e. The molecule has 0 bridgehead atoms. The lowest BCUT2D eigenvalue weighted by molar-refractivity contribution is -0.0123. The summed E-state index contributed by atoms with van der Waals surface area (Å²) in [7, 11) is 1.79. The van der Waals surface area contributed by atoms with Crippen molar-refractivity contribution in [2.75, 3.05) is 38.7 Å². The van der Waals surface area contributed by atoms with Crippen LogP contribution < -0.4 is 15.4 Å². The Morgan fingerprint density at radius 3 is 2.46 bits per heavy atom. The van der Waals surface area contributed by atoms with Gasteiger partial charge in [0.05, 0.1) is 30.4 Å². The van der Waals surface area contributed by atoms with E-state index in [0.29, 0.717) is 42.3 Å². The molecular formula is C36H52N4O6. The van der Waals surface area contributed by atoms with Crippen molar-refractivity contribution in [3.63, 3.8) is 0 Å². The van der Waals surface area contributed by atoms with Gasteiger partial charge in [-0.25, -0.2) is 4.79 Å². The molecule has 1 heterocycles. The van der Waals surface area contributed by atoms with Gasteiger partial charge in [-0.2, -0.15) is 0 Å². The largest absolute Gasteiger partial charge is 0.490 e. The second-order valence-corrected chi connectivity index (χ2v) is 13.0. The first-order valence-electron chi connectivity index (χ1n) is 16.9. The van der Waals surface area contributed by atoms with Gasteiger partial charge in [0.1, 0.15) is 5.75 Å². The van der Waals surface area contributed by atoms with Crippen LogP contribution in [0.1, 0.15) is 92.9 Å². The first-order valence-corrected chi connectivity index (χ1v) is 16.9. The van der Waals surface area contributed by atoms with Crippen molar-refractivity contribution < 1.29 is 29.0 Å². The number of urea groups is 1. The van der Waals surface area contributed by atoms with Crippen LogP contribution in [0.4, 0.5) is 10.5 Å². The first-order chi connectivity index (χ1) is 22.2. The number of anilines is 1. The van der Waals surface area contributed by atoms with Gasteiger partial charge in [-0.3, -0.25) is 9.59 Å². The van der Waals surface area contributed by atoms with E-state index in [1.807, 2.05) is 19.9 Å². The van der Waals surface area contributed by atoms with Crippen molar-refractivity contribution >= 4 is 23.5 Å². The van der Waals surface area contributed by atoms with Gasteiger partial charge in [-0.1, -0.05) is 44.4 Å². The fourth-order valence-electron chi connectivity index (χ4n) is 6.14. The molecule has 2 aromatic rings. The van der Waals surface area contributed by atoms with Crippen LogP contribution in [0.5, 0.6) is 5.75 Å². The van der Waals surface area contributed by atoms with Gasteiger partial charge in [-0.05, 0) is 76.3 Å². The molecule has 252 valence electrons. The van der Waals surface area contributed by atoms with Crippen molar-refractivity contribution in [3.05, 3.63) is 59.7 Å². The van der Waals surface area contributed by atoms with Gasteiger partial charge in [0, 0.05) is 50.0 Å². The molecule has 0 aromatic heterocycles. The summed E-state index contributed by atoms with van der Waals surface area (Å²) in [6, 6.07) is 13.6. The Morgan fingerprint density at radius 2 is 1.74 bits per heavy atom. The Hall–Kier alpha value is -3.63. The van der Waals surface area contributed by atoms with E-state index in [9.17, 15) is 19.5 Å². The van der Waals surface area contributed by atoms with Gasteiger partial charge in [0.2, 0.25) is 0 Å². The minimum atomic E-state index is -0.497. The summed E-state index contributed by atoms with van der Waals surface area (Å²) < 4.78 is 12.7. The highest BCUT2D eigenvalue weighted by atomic mass is 16.5. The number of nitrogens with one attached hydrogen (secondary N) is 2. The average Bonchev–Trinajstić information content (AvgIpc) is 3.06. The lowest BCUT2D eigenvalue weighted by atomic mass is 9.96. The third kappa shape index (κ3) is 9.93. The Kier molecular flexibility index (Phi) is 13.3. The number of ether oxygens (including phenoxy) is 2. The van der Waals surface area contributed by atoms with Gasteiger partial charge < -0.3 is 35.0 Å². The van der Waals surface area contributed by atoms with Gasteiger partial charge >= 0.3 is 6.03 Å². The molecule has 4 amide bonds. The molecule has 0 saturated heterocycles. The molecule has 46 heavy (non-hydrogen) atoms. The molecule has 10 nitrogen and oxygen atoms in total. The van der Waals surface area contributed by atoms with E-state index < -0.39 is 6.04 Å². The molecule has 1 aliphatic carbocycles. The summed E-state index contributed by atoms with van der Waals surface area (Å²) in [5, 5.41) is 16.3.